The number of hydrogen-bond acceptors (Lipinski definition) is 1. The number of carbonyl (C=O) groups is 1. The molecule has 0 radical (unpaired) electrons. The summed E-state index contributed by atoms with van der Waals surface area (Å²) < 4.78 is 0. The first-order valence-corrected chi connectivity index (χ1v) is 7.30. The summed E-state index contributed by atoms with van der Waals surface area (Å²) >= 11 is 12.3. The molecular weight excluding hydrogens is 305 g/mol. The normalized spacial score (nSPS) is 11.0. The van der Waals surface area contributed by atoms with Gasteiger partial charge in [0.25, 0.3) is 0 Å². The quantitative estimate of drug-likeness (QED) is 0.616. The fourth-order valence-electron chi connectivity index (χ4n) is 2.70. The molecule has 1 N–H and O–H groups in total. The van der Waals surface area contributed by atoms with Crippen LogP contribution in [0.25, 0.3) is 22.2 Å². The minimum Gasteiger partial charge on any atom is -0.354 e. The van der Waals surface area contributed by atoms with E-state index < -0.39 is 0 Å². The number of aldehydes is 1. The summed E-state index contributed by atoms with van der Waals surface area (Å²) in [7, 11) is 0. The van der Waals surface area contributed by atoms with Gasteiger partial charge < -0.3 is 4.98 Å². The molecule has 0 aliphatic heterocycles. The molecular formula is C17H13Cl2NO. The zero-order chi connectivity index (χ0) is 15.1. The van der Waals surface area contributed by atoms with E-state index in [2.05, 4.69) is 11.1 Å². The van der Waals surface area contributed by atoms with Gasteiger partial charge in [0.15, 0.2) is 6.29 Å². The third kappa shape index (κ3) is 2.35. The van der Waals surface area contributed by atoms with Crippen molar-refractivity contribution >= 4 is 40.4 Å². The van der Waals surface area contributed by atoms with Crippen LogP contribution in [0.2, 0.25) is 10.0 Å². The van der Waals surface area contributed by atoms with E-state index in [1.807, 2.05) is 19.9 Å². The zero-order valence-corrected chi connectivity index (χ0v) is 13.1. The summed E-state index contributed by atoms with van der Waals surface area (Å²) in [6, 6.07) is 9.31. The van der Waals surface area contributed by atoms with Crippen molar-refractivity contribution in [2.75, 3.05) is 0 Å². The number of benzene rings is 2. The van der Waals surface area contributed by atoms with Crippen molar-refractivity contribution in [1.29, 1.82) is 0 Å². The van der Waals surface area contributed by atoms with Gasteiger partial charge in [0.1, 0.15) is 0 Å². The van der Waals surface area contributed by atoms with Crippen molar-refractivity contribution in [3.8, 4) is 11.3 Å². The predicted octanol–water partition coefficient (Wildman–Crippen LogP) is 5.57. The molecule has 3 aromatic rings. The Morgan fingerprint density at radius 1 is 1.10 bits per heavy atom. The molecule has 2 aromatic carbocycles. The second-order valence-electron chi connectivity index (χ2n) is 5.16. The predicted molar refractivity (Wildman–Crippen MR) is 88.6 cm³/mol. The molecule has 4 heteroatoms. The summed E-state index contributed by atoms with van der Waals surface area (Å²) in [6.45, 7) is 4.03. The van der Waals surface area contributed by atoms with E-state index in [4.69, 9.17) is 23.2 Å². The Hall–Kier alpha value is -1.77. The van der Waals surface area contributed by atoms with E-state index in [1.54, 1.807) is 18.2 Å². The highest BCUT2D eigenvalue weighted by atomic mass is 35.5. The molecule has 0 saturated carbocycles. The number of hydrogen-bond donors (Lipinski definition) is 1. The molecule has 0 bridgehead atoms. The highest BCUT2D eigenvalue weighted by Gasteiger charge is 2.16. The lowest BCUT2D eigenvalue weighted by molar-refractivity contribution is 0.112. The van der Waals surface area contributed by atoms with Gasteiger partial charge >= 0.3 is 0 Å². The largest absolute Gasteiger partial charge is 0.354 e. The Morgan fingerprint density at radius 3 is 2.57 bits per heavy atom. The number of carbonyl (C=O) groups excluding carboxylic acids is 1. The van der Waals surface area contributed by atoms with E-state index in [0.29, 0.717) is 21.3 Å². The third-order valence-electron chi connectivity index (χ3n) is 3.60. The molecule has 2 nitrogen and oxygen atoms in total. The van der Waals surface area contributed by atoms with Crippen LogP contribution in [0.4, 0.5) is 0 Å². The maximum absolute atomic E-state index is 11.6. The molecule has 0 fully saturated rings. The Morgan fingerprint density at radius 2 is 1.86 bits per heavy atom. The molecule has 0 amide bonds. The Bertz CT molecular complexity index is 865. The second-order valence-corrected chi connectivity index (χ2v) is 6.00. The first kappa shape index (κ1) is 14.2. The monoisotopic (exact) mass is 317 g/mol. The van der Waals surface area contributed by atoms with Crippen molar-refractivity contribution in [3.63, 3.8) is 0 Å². The van der Waals surface area contributed by atoms with Crippen molar-refractivity contribution in [3.05, 3.63) is 57.1 Å². The lowest BCUT2D eigenvalue weighted by Crippen LogP contribution is -1.86. The van der Waals surface area contributed by atoms with Crippen LogP contribution in [0.5, 0.6) is 0 Å². The standard InChI is InChI=1S/C17H13Cl2NO/c1-9-5-10(2)16-12(6-9)14(8-21)17(20-16)13-7-11(18)3-4-15(13)19/h3-8,20H,1-2H3. The van der Waals surface area contributed by atoms with Gasteiger partial charge in [-0.05, 0) is 43.7 Å². The molecule has 0 saturated heterocycles. The van der Waals surface area contributed by atoms with Crippen LogP contribution in [-0.2, 0) is 0 Å². The molecule has 0 atom stereocenters. The van der Waals surface area contributed by atoms with E-state index in [1.165, 1.54) is 0 Å². The lowest BCUT2D eigenvalue weighted by atomic mass is 10.0. The van der Waals surface area contributed by atoms with Crippen LogP contribution in [0.1, 0.15) is 21.5 Å². The second kappa shape index (κ2) is 5.21. The highest BCUT2D eigenvalue weighted by molar-refractivity contribution is 6.35. The van der Waals surface area contributed by atoms with Crippen LogP contribution in [0.3, 0.4) is 0 Å². The average molecular weight is 318 g/mol. The van der Waals surface area contributed by atoms with E-state index >= 15 is 0 Å². The molecule has 1 heterocycles. The Labute approximate surface area is 132 Å². The summed E-state index contributed by atoms with van der Waals surface area (Å²) in [5, 5.41) is 2.05. The number of aromatic nitrogens is 1. The van der Waals surface area contributed by atoms with Gasteiger partial charge in [-0.1, -0.05) is 34.8 Å². The van der Waals surface area contributed by atoms with E-state index in [9.17, 15) is 4.79 Å². The highest BCUT2D eigenvalue weighted by Crippen LogP contribution is 2.36. The third-order valence-corrected chi connectivity index (χ3v) is 4.17. The van der Waals surface area contributed by atoms with Gasteiger partial charge in [-0.3, -0.25) is 4.79 Å². The zero-order valence-electron chi connectivity index (χ0n) is 11.6. The molecule has 1 aromatic heterocycles. The lowest BCUT2D eigenvalue weighted by Gasteiger charge is -2.04. The SMILES string of the molecule is Cc1cc(C)c2[nH]c(-c3cc(Cl)ccc3Cl)c(C=O)c2c1. The van der Waals surface area contributed by atoms with Crippen molar-refractivity contribution in [1.82, 2.24) is 4.98 Å². The molecule has 0 aliphatic carbocycles. The molecule has 3 rings (SSSR count). The van der Waals surface area contributed by atoms with Gasteiger partial charge in [-0.2, -0.15) is 0 Å². The number of fused-ring (bicyclic) bond motifs is 1. The van der Waals surface area contributed by atoms with Gasteiger partial charge in [0, 0.05) is 27.1 Å². The number of nitrogens with one attached hydrogen (secondary N) is 1. The van der Waals surface area contributed by atoms with Crippen LogP contribution >= 0.6 is 23.2 Å². The first-order chi connectivity index (χ1) is 10.0. The summed E-state index contributed by atoms with van der Waals surface area (Å²) in [6.07, 6.45) is 0.865. The maximum Gasteiger partial charge on any atom is 0.152 e. The van der Waals surface area contributed by atoms with Gasteiger partial charge in [-0.25, -0.2) is 0 Å². The van der Waals surface area contributed by atoms with E-state index in [-0.39, 0.29) is 0 Å². The number of aromatic amines is 1. The fraction of sp³-hybridized carbons (Fsp3) is 0.118. The van der Waals surface area contributed by atoms with E-state index in [0.717, 1.165) is 33.9 Å². The average Bonchev–Trinajstić information content (AvgIpc) is 2.80. The summed E-state index contributed by atoms with van der Waals surface area (Å²) in [5.41, 5.74) is 5.22. The van der Waals surface area contributed by atoms with Crippen LogP contribution < -0.4 is 0 Å². The van der Waals surface area contributed by atoms with Crippen LogP contribution in [0.15, 0.2) is 30.3 Å². The fourth-order valence-corrected chi connectivity index (χ4v) is 3.08. The first-order valence-electron chi connectivity index (χ1n) is 6.55. The number of H-pyrrole nitrogens is 1. The molecule has 0 aliphatic rings. The number of halogens is 2. The van der Waals surface area contributed by atoms with Crippen LogP contribution in [-0.4, -0.2) is 11.3 Å². The maximum atomic E-state index is 11.6. The van der Waals surface area contributed by atoms with Crippen molar-refractivity contribution in [2.24, 2.45) is 0 Å². The van der Waals surface area contributed by atoms with Gasteiger partial charge in [0.2, 0.25) is 0 Å². The minimum absolute atomic E-state index is 0.559. The van der Waals surface area contributed by atoms with Crippen LogP contribution in [0, 0.1) is 13.8 Å². The van der Waals surface area contributed by atoms with Crippen molar-refractivity contribution < 1.29 is 4.79 Å². The Balaban J connectivity index is 2.40. The topological polar surface area (TPSA) is 32.9 Å². The smallest absolute Gasteiger partial charge is 0.152 e. The minimum atomic E-state index is 0.559. The number of rotatable bonds is 2. The van der Waals surface area contributed by atoms with Gasteiger partial charge in [-0.15, -0.1) is 0 Å². The van der Waals surface area contributed by atoms with Gasteiger partial charge in [0.05, 0.1) is 10.7 Å². The number of aryl methyl sites for hydroxylation is 2. The summed E-state index contributed by atoms with van der Waals surface area (Å²) in [4.78, 5) is 14.9. The summed E-state index contributed by atoms with van der Waals surface area (Å²) in [5.74, 6) is 0. The Kier molecular flexibility index (Phi) is 3.52. The molecule has 21 heavy (non-hydrogen) atoms. The van der Waals surface area contributed by atoms with Crippen molar-refractivity contribution in [2.45, 2.75) is 13.8 Å². The molecule has 0 unspecified atom stereocenters. The molecule has 0 spiro atoms. The molecule has 106 valence electrons.